The standard InChI is InChI=1S/C27H23F8NO/c1-14(2)6-23(15(3)37)18-7-16(17-8-19(26(30,31)32)12-21(29)9-17)10-22(11-18)36-25-5-4-20(28)13-24(25)27(33,34)35/h4-5,7-14,23,36H,6H2,1-3H3. The van der Waals surface area contributed by atoms with Gasteiger partial charge in [0, 0.05) is 11.6 Å². The lowest BCUT2D eigenvalue weighted by atomic mass is 9.85. The molecule has 0 fully saturated rings. The van der Waals surface area contributed by atoms with E-state index < -0.39 is 46.7 Å². The van der Waals surface area contributed by atoms with Crippen molar-refractivity contribution in [3.05, 3.63) is 82.9 Å². The highest BCUT2D eigenvalue weighted by atomic mass is 19.4. The van der Waals surface area contributed by atoms with Gasteiger partial charge in [0.15, 0.2) is 0 Å². The summed E-state index contributed by atoms with van der Waals surface area (Å²) in [6.45, 7) is 5.04. The molecular weight excluding hydrogens is 506 g/mol. The van der Waals surface area contributed by atoms with Crippen LogP contribution in [-0.2, 0) is 17.1 Å². The van der Waals surface area contributed by atoms with E-state index in [9.17, 15) is 39.9 Å². The van der Waals surface area contributed by atoms with Crippen LogP contribution in [0.4, 0.5) is 46.5 Å². The molecule has 0 aliphatic carbocycles. The van der Waals surface area contributed by atoms with E-state index in [0.29, 0.717) is 24.1 Å². The highest BCUT2D eigenvalue weighted by molar-refractivity contribution is 5.85. The van der Waals surface area contributed by atoms with E-state index in [1.54, 1.807) is 0 Å². The molecular formula is C27H23F8NO. The minimum Gasteiger partial charge on any atom is -0.355 e. The maximum Gasteiger partial charge on any atom is 0.418 e. The zero-order chi connectivity index (χ0) is 27.7. The number of hydrogen-bond donors (Lipinski definition) is 1. The van der Waals surface area contributed by atoms with Crippen LogP contribution in [0.15, 0.2) is 54.6 Å². The Balaban J connectivity index is 2.23. The Kier molecular flexibility index (Phi) is 8.00. The van der Waals surface area contributed by atoms with Crippen LogP contribution in [-0.4, -0.2) is 5.78 Å². The van der Waals surface area contributed by atoms with E-state index in [-0.39, 0.29) is 28.5 Å². The molecule has 1 atom stereocenters. The number of carbonyl (C=O) groups excluding carboxylic acids is 1. The summed E-state index contributed by atoms with van der Waals surface area (Å²) in [7, 11) is 0. The fourth-order valence-electron chi connectivity index (χ4n) is 4.04. The second-order valence-electron chi connectivity index (χ2n) is 9.18. The van der Waals surface area contributed by atoms with Crippen LogP contribution in [0, 0.1) is 17.6 Å². The maximum absolute atomic E-state index is 14.1. The summed E-state index contributed by atoms with van der Waals surface area (Å²) >= 11 is 0. The first-order valence-corrected chi connectivity index (χ1v) is 11.2. The number of ketones is 1. The molecule has 3 aromatic carbocycles. The van der Waals surface area contributed by atoms with E-state index in [1.807, 2.05) is 13.8 Å². The SMILES string of the molecule is CC(=O)C(CC(C)C)c1cc(Nc2ccc(F)cc2C(F)(F)F)cc(-c2cc(F)cc(C(F)(F)F)c2)c1. The Bertz CT molecular complexity index is 1290. The van der Waals surface area contributed by atoms with Crippen LogP contribution >= 0.6 is 0 Å². The van der Waals surface area contributed by atoms with Crippen LogP contribution in [0.5, 0.6) is 0 Å². The molecule has 2 nitrogen and oxygen atoms in total. The van der Waals surface area contributed by atoms with Crippen LogP contribution in [0.2, 0.25) is 0 Å². The summed E-state index contributed by atoms with van der Waals surface area (Å²) in [6.07, 6.45) is -9.39. The van der Waals surface area contributed by atoms with E-state index >= 15 is 0 Å². The third-order valence-electron chi connectivity index (χ3n) is 5.68. The Morgan fingerprint density at radius 2 is 1.46 bits per heavy atom. The van der Waals surface area contributed by atoms with Crippen molar-refractivity contribution < 1.29 is 39.9 Å². The van der Waals surface area contributed by atoms with E-state index in [2.05, 4.69) is 5.32 Å². The molecule has 0 saturated heterocycles. The molecule has 0 aliphatic heterocycles. The lowest BCUT2D eigenvalue weighted by molar-refractivity contribution is -0.138. The molecule has 0 aromatic heterocycles. The lowest BCUT2D eigenvalue weighted by Gasteiger charge is -2.21. The van der Waals surface area contributed by atoms with Crippen molar-refractivity contribution in [2.45, 2.75) is 45.5 Å². The third-order valence-corrected chi connectivity index (χ3v) is 5.68. The first kappa shape index (κ1) is 28.1. The van der Waals surface area contributed by atoms with Crippen molar-refractivity contribution >= 4 is 17.2 Å². The average Bonchev–Trinajstić information content (AvgIpc) is 2.76. The minimum absolute atomic E-state index is 0.00238. The van der Waals surface area contributed by atoms with Gasteiger partial charge in [-0.25, -0.2) is 8.78 Å². The number of carbonyl (C=O) groups is 1. The van der Waals surface area contributed by atoms with E-state index in [4.69, 9.17) is 0 Å². The van der Waals surface area contributed by atoms with Gasteiger partial charge >= 0.3 is 12.4 Å². The quantitative estimate of drug-likeness (QED) is 0.309. The largest absolute Gasteiger partial charge is 0.418 e. The highest BCUT2D eigenvalue weighted by Gasteiger charge is 2.34. The van der Waals surface area contributed by atoms with Crippen molar-refractivity contribution in [1.82, 2.24) is 0 Å². The van der Waals surface area contributed by atoms with Gasteiger partial charge in [-0.2, -0.15) is 26.3 Å². The van der Waals surface area contributed by atoms with Gasteiger partial charge in [-0.3, -0.25) is 4.79 Å². The van der Waals surface area contributed by atoms with E-state index in [0.717, 1.165) is 24.3 Å². The Morgan fingerprint density at radius 1 is 0.811 bits per heavy atom. The Hall–Kier alpha value is -3.43. The van der Waals surface area contributed by atoms with Crippen LogP contribution in [0.1, 0.15) is 49.8 Å². The minimum atomic E-state index is -4.91. The number of alkyl halides is 6. The average molecular weight is 529 g/mol. The molecule has 3 aromatic rings. The number of benzene rings is 3. The number of halogens is 8. The predicted molar refractivity (Wildman–Crippen MR) is 124 cm³/mol. The van der Waals surface area contributed by atoms with Crippen LogP contribution in [0.3, 0.4) is 0 Å². The molecule has 0 spiro atoms. The molecule has 10 heteroatoms. The molecule has 0 bridgehead atoms. The molecule has 0 heterocycles. The summed E-state index contributed by atoms with van der Waals surface area (Å²) < 4.78 is 108. The summed E-state index contributed by atoms with van der Waals surface area (Å²) in [4.78, 5) is 12.4. The second-order valence-corrected chi connectivity index (χ2v) is 9.18. The number of rotatable bonds is 7. The van der Waals surface area contributed by atoms with Gasteiger partial charge in [0.2, 0.25) is 0 Å². The number of nitrogens with one attached hydrogen (secondary N) is 1. The van der Waals surface area contributed by atoms with Crippen molar-refractivity contribution in [2.75, 3.05) is 5.32 Å². The molecule has 198 valence electrons. The van der Waals surface area contributed by atoms with Crippen molar-refractivity contribution in [3.63, 3.8) is 0 Å². The predicted octanol–water partition coefficient (Wildman–Crippen LogP) is 9.13. The van der Waals surface area contributed by atoms with Gasteiger partial charge in [0.1, 0.15) is 17.4 Å². The summed E-state index contributed by atoms with van der Waals surface area (Å²) in [5, 5.41) is 2.55. The lowest BCUT2D eigenvalue weighted by Crippen LogP contribution is -2.13. The smallest absolute Gasteiger partial charge is 0.355 e. The monoisotopic (exact) mass is 529 g/mol. The Morgan fingerprint density at radius 3 is 2.03 bits per heavy atom. The number of Topliss-reactive ketones (excluding diaryl/α,β-unsaturated/α-hetero) is 1. The molecule has 3 rings (SSSR count). The zero-order valence-corrected chi connectivity index (χ0v) is 20.0. The molecule has 37 heavy (non-hydrogen) atoms. The topological polar surface area (TPSA) is 29.1 Å². The van der Waals surface area contributed by atoms with Crippen molar-refractivity contribution in [1.29, 1.82) is 0 Å². The zero-order valence-electron chi connectivity index (χ0n) is 20.0. The molecule has 0 saturated carbocycles. The molecule has 0 amide bonds. The number of hydrogen-bond acceptors (Lipinski definition) is 2. The van der Waals surface area contributed by atoms with Crippen LogP contribution < -0.4 is 5.32 Å². The normalized spacial score (nSPS) is 13.1. The summed E-state index contributed by atoms with van der Waals surface area (Å²) in [5.41, 5.74) is -2.85. The molecule has 1 unspecified atom stereocenters. The second kappa shape index (κ2) is 10.5. The summed E-state index contributed by atoms with van der Waals surface area (Å²) in [5.74, 6) is -3.21. The molecule has 1 N–H and O–H groups in total. The first-order valence-electron chi connectivity index (χ1n) is 11.2. The fraction of sp³-hybridized carbons (Fsp3) is 0.296. The fourth-order valence-corrected chi connectivity index (χ4v) is 4.04. The van der Waals surface area contributed by atoms with Crippen LogP contribution in [0.25, 0.3) is 11.1 Å². The van der Waals surface area contributed by atoms with Gasteiger partial charge in [-0.15, -0.1) is 0 Å². The summed E-state index contributed by atoms with van der Waals surface area (Å²) in [6, 6.07) is 8.00. The Labute approximate surface area is 208 Å². The van der Waals surface area contributed by atoms with Crippen molar-refractivity contribution in [2.24, 2.45) is 5.92 Å². The van der Waals surface area contributed by atoms with Gasteiger partial charge in [0.25, 0.3) is 0 Å². The first-order chi connectivity index (χ1) is 17.0. The van der Waals surface area contributed by atoms with Gasteiger partial charge in [0.05, 0.1) is 16.8 Å². The molecule has 0 aliphatic rings. The molecule has 0 radical (unpaired) electrons. The van der Waals surface area contributed by atoms with E-state index in [1.165, 1.54) is 25.1 Å². The van der Waals surface area contributed by atoms with Gasteiger partial charge in [-0.1, -0.05) is 19.9 Å². The van der Waals surface area contributed by atoms with Crippen molar-refractivity contribution in [3.8, 4) is 11.1 Å². The van der Waals surface area contributed by atoms with Gasteiger partial charge in [-0.05, 0) is 84.5 Å². The third kappa shape index (κ3) is 7.08. The highest BCUT2D eigenvalue weighted by Crippen LogP contribution is 2.39. The van der Waals surface area contributed by atoms with Gasteiger partial charge < -0.3 is 5.32 Å². The maximum atomic E-state index is 14.1. The number of anilines is 2.